The first-order chi connectivity index (χ1) is 12.9. The maximum Gasteiger partial charge on any atom is 0.410 e. The van der Waals surface area contributed by atoms with E-state index in [-0.39, 0.29) is 12.1 Å². The van der Waals surface area contributed by atoms with Crippen molar-refractivity contribution in [2.24, 2.45) is 0 Å². The van der Waals surface area contributed by atoms with Gasteiger partial charge in [0.2, 0.25) is 0 Å². The summed E-state index contributed by atoms with van der Waals surface area (Å²) in [6.07, 6.45) is 4.32. The highest BCUT2D eigenvalue weighted by molar-refractivity contribution is 5.69. The quantitative estimate of drug-likeness (QED) is 0.856. The van der Waals surface area contributed by atoms with Gasteiger partial charge in [-0.2, -0.15) is 0 Å². The van der Waals surface area contributed by atoms with Crippen molar-refractivity contribution in [3.8, 4) is 0 Å². The fraction of sp³-hybridized carbons (Fsp3) is 0.682. The van der Waals surface area contributed by atoms with Gasteiger partial charge in [-0.1, -0.05) is 30.3 Å². The second-order valence-electron chi connectivity index (χ2n) is 8.91. The Bertz CT molecular complexity index is 591. The number of piperidine rings is 1. The van der Waals surface area contributed by atoms with E-state index in [2.05, 4.69) is 40.5 Å². The number of likely N-dealkylation sites (tertiary alicyclic amines) is 2. The van der Waals surface area contributed by atoms with Crippen LogP contribution in [0.4, 0.5) is 4.79 Å². The van der Waals surface area contributed by atoms with Gasteiger partial charge in [0.05, 0.1) is 0 Å². The summed E-state index contributed by atoms with van der Waals surface area (Å²) in [6.45, 7) is 10.8. The first kappa shape index (κ1) is 20.2. The molecule has 27 heavy (non-hydrogen) atoms. The number of amides is 1. The van der Waals surface area contributed by atoms with Crippen molar-refractivity contribution >= 4 is 6.09 Å². The van der Waals surface area contributed by atoms with Gasteiger partial charge in [-0.25, -0.2) is 4.79 Å². The fourth-order valence-electron chi connectivity index (χ4n) is 4.05. The average Bonchev–Trinajstić information content (AvgIpc) is 3.09. The van der Waals surface area contributed by atoms with Crippen molar-refractivity contribution in [1.29, 1.82) is 0 Å². The van der Waals surface area contributed by atoms with Crippen molar-refractivity contribution in [1.82, 2.24) is 15.1 Å². The Morgan fingerprint density at radius 1 is 1.11 bits per heavy atom. The van der Waals surface area contributed by atoms with Crippen LogP contribution in [-0.2, 0) is 11.3 Å². The van der Waals surface area contributed by atoms with E-state index < -0.39 is 5.60 Å². The molecule has 5 nitrogen and oxygen atoms in total. The van der Waals surface area contributed by atoms with Gasteiger partial charge >= 0.3 is 6.09 Å². The molecule has 0 aromatic heterocycles. The molecule has 0 spiro atoms. The van der Waals surface area contributed by atoms with Crippen molar-refractivity contribution in [3.63, 3.8) is 0 Å². The lowest BCUT2D eigenvalue weighted by atomic mass is 10.0. The standard InChI is InChI=1S/C22H35N3O2/c1-22(2,3)27-21(26)25-13-7-10-20(25)16-23-19-11-14-24(15-12-19)17-18-8-5-4-6-9-18/h4-6,8-9,19-20,23H,7,10-17H2,1-3H3/t20-/m0/s1. The molecule has 0 saturated carbocycles. The normalized spacial score (nSPS) is 22.2. The number of nitrogens with zero attached hydrogens (tertiary/aromatic N) is 2. The Morgan fingerprint density at radius 2 is 1.81 bits per heavy atom. The molecule has 2 fully saturated rings. The molecule has 2 aliphatic heterocycles. The lowest BCUT2D eigenvalue weighted by molar-refractivity contribution is 0.0223. The summed E-state index contributed by atoms with van der Waals surface area (Å²) in [6, 6.07) is 11.5. The average molecular weight is 374 g/mol. The molecule has 1 aromatic carbocycles. The van der Waals surface area contributed by atoms with Crippen LogP contribution in [0.1, 0.15) is 52.0 Å². The summed E-state index contributed by atoms with van der Waals surface area (Å²) >= 11 is 0. The van der Waals surface area contributed by atoms with Gasteiger partial charge in [0.15, 0.2) is 0 Å². The molecule has 1 aromatic rings. The molecular weight excluding hydrogens is 338 g/mol. The predicted octanol–water partition coefficient (Wildman–Crippen LogP) is 3.64. The molecular formula is C22H35N3O2. The maximum atomic E-state index is 12.4. The van der Waals surface area contributed by atoms with Gasteiger partial charge in [0.25, 0.3) is 0 Å². The summed E-state index contributed by atoms with van der Waals surface area (Å²) in [4.78, 5) is 16.9. The van der Waals surface area contributed by atoms with Crippen LogP contribution in [0.3, 0.4) is 0 Å². The molecule has 1 amide bonds. The van der Waals surface area contributed by atoms with Gasteiger partial charge in [-0.05, 0) is 65.1 Å². The van der Waals surface area contributed by atoms with Crippen LogP contribution in [0, 0.1) is 0 Å². The topological polar surface area (TPSA) is 44.8 Å². The summed E-state index contributed by atoms with van der Waals surface area (Å²) in [5.74, 6) is 0. The Labute approximate surface area is 164 Å². The highest BCUT2D eigenvalue weighted by Crippen LogP contribution is 2.21. The van der Waals surface area contributed by atoms with Gasteiger partial charge < -0.3 is 15.0 Å². The number of carbonyl (C=O) groups excluding carboxylic acids is 1. The molecule has 3 rings (SSSR count). The van der Waals surface area contributed by atoms with Gasteiger partial charge in [0.1, 0.15) is 5.60 Å². The molecule has 0 radical (unpaired) electrons. The number of rotatable bonds is 5. The van der Waals surface area contributed by atoms with E-state index in [9.17, 15) is 4.79 Å². The van der Waals surface area contributed by atoms with Crippen molar-refractivity contribution in [2.75, 3.05) is 26.2 Å². The predicted molar refractivity (Wildman–Crippen MR) is 109 cm³/mol. The second kappa shape index (κ2) is 9.07. The van der Waals surface area contributed by atoms with E-state index in [1.807, 2.05) is 25.7 Å². The third-order valence-corrected chi connectivity index (χ3v) is 5.48. The minimum Gasteiger partial charge on any atom is -0.444 e. The number of ether oxygens (including phenoxy) is 1. The number of nitrogens with one attached hydrogen (secondary N) is 1. The van der Waals surface area contributed by atoms with Gasteiger partial charge in [-0.3, -0.25) is 4.90 Å². The molecule has 1 atom stereocenters. The monoisotopic (exact) mass is 373 g/mol. The number of hydrogen-bond acceptors (Lipinski definition) is 4. The summed E-state index contributed by atoms with van der Waals surface area (Å²) in [5.41, 5.74) is 0.964. The fourth-order valence-corrected chi connectivity index (χ4v) is 4.05. The SMILES string of the molecule is CC(C)(C)OC(=O)N1CCC[C@H]1CNC1CCN(Cc2ccccc2)CC1. The second-order valence-corrected chi connectivity index (χ2v) is 8.91. The lowest BCUT2D eigenvalue weighted by Gasteiger charge is -2.34. The minimum atomic E-state index is -0.427. The zero-order chi connectivity index (χ0) is 19.3. The summed E-state index contributed by atoms with van der Waals surface area (Å²) in [5, 5.41) is 3.72. The molecule has 5 heteroatoms. The molecule has 2 heterocycles. The van der Waals surface area contributed by atoms with E-state index in [0.717, 1.165) is 45.6 Å². The van der Waals surface area contributed by atoms with Crippen LogP contribution in [0.15, 0.2) is 30.3 Å². The first-order valence-electron chi connectivity index (χ1n) is 10.4. The lowest BCUT2D eigenvalue weighted by Crippen LogP contribution is -2.48. The van der Waals surface area contributed by atoms with Crippen LogP contribution in [0.5, 0.6) is 0 Å². The van der Waals surface area contributed by atoms with E-state index in [0.29, 0.717) is 6.04 Å². The molecule has 0 unspecified atom stereocenters. The summed E-state index contributed by atoms with van der Waals surface area (Å²) < 4.78 is 5.57. The van der Waals surface area contributed by atoms with Crippen molar-refractivity contribution in [2.45, 2.75) is 70.7 Å². The van der Waals surface area contributed by atoms with Crippen LogP contribution >= 0.6 is 0 Å². The Hall–Kier alpha value is -1.59. The highest BCUT2D eigenvalue weighted by Gasteiger charge is 2.32. The largest absolute Gasteiger partial charge is 0.444 e. The Kier molecular flexibility index (Phi) is 6.77. The smallest absolute Gasteiger partial charge is 0.410 e. The van der Waals surface area contributed by atoms with E-state index >= 15 is 0 Å². The van der Waals surface area contributed by atoms with E-state index in [1.165, 1.54) is 18.4 Å². The third kappa shape index (κ3) is 6.22. The van der Waals surface area contributed by atoms with Crippen LogP contribution in [-0.4, -0.2) is 59.8 Å². The Balaban J connectivity index is 1.40. The number of benzene rings is 1. The third-order valence-electron chi connectivity index (χ3n) is 5.48. The molecule has 2 saturated heterocycles. The van der Waals surface area contributed by atoms with Crippen LogP contribution in [0.25, 0.3) is 0 Å². The van der Waals surface area contributed by atoms with E-state index in [1.54, 1.807) is 0 Å². The molecule has 0 bridgehead atoms. The van der Waals surface area contributed by atoms with E-state index in [4.69, 9.17) is 4.74 Å². The van der Waals surface area contributed by atoms with Gasteiger partial charge in [0, 0.05) is 31.7 Å². The Morgan fingerprint density at radius 3 is 2.48 bits per heavy atom. The molecule has 2 aliphatic rings. The summed E-state index contributed by atoms with van der Waals surface area (Å²) in [7, 11) is 0. The minimum absolute atomic E-state index is 0.163. The maximum absolute atomic E-state index is 12.4. The van der Waals surface area contributed by atoms with Gasteiger partial charge in [-0.15, -0.1) is 0 Å². The van der Waals surface area contributed by atoms with Crippen molar-refractivity contribution in [3.05, 3.63) is 35.9 Å². The molecule has 0 aliphatic carbocycles. The van der Waals surface area contributed by atoms with Crippen LogP contribution in [0.2, 0.25) is 0 Å². The highest BCUT2D eigenvalue weighted by atomic mass is 16.6. The zero-order valence-corrected chi connectivity index (χ0v) is 17.1. The molecule has 1 N–H and O–H groups in total. The zero-order valence-electron chi connectivity index (χ0n) is 17.1. The van der Waals surface area contributed by atoms with Crippen LogP contribution < -0.4 is 5.32 Å². The van der Waals surface area contributed by atoms with Crippen molar-refractivity contribution < 1.29 is 9.53 Å². The molecule has 150 valence electrons. The first-order valence-corrected chi connectivity index (χ1v) is 10.4. The number of hydrogen-bond donors (Lipinski definition) is 1. The number of carbonyl (C=O) groups is 1.